The van der Waals surface area contributed by atoms with E-state index >= 15 is 0 Å². The van der Waals surface area contributed by atoms with Crippen LogP contribution >= 0.6 is 0 Å². The van der Waals surface area contributed by atoms with Gasteiger partial charge >= 0.3 is 0 Å². The van der Waals surface area contributed by atoms with E-state index in [4.69, 9.17) is 0 Å². The van der Waals surface area contributed by atoms with Gasteiger partial charge in [-0.3, -0.25) is 9.91 Å². The summed E-state index contributed by atoms with van der Waals surface area (Å²) >= 11 is 0. The minimum absolute atomic E-state index is 0.0387. The Balaban J connectivity index is 1.51. The molecule has 2 N–H and O–H groups in total. The maximum Gasteiger partial charge on any atom is 0.128 e. The Bertz CT molecular complexity index is 705. The Morgan fingerprint density at radius 3 is 2.38 bits per heavy atom. The number of hydrazone groups is 1. The van der Waals surface area contributed by atoms with Gasteiger partial charge in [0.2, 0.25) is 0 Å². The van der Waals surface area contributed by atoms with E-state index < -0.39 is 0 Å². The van der Waals surface area contributed by atoms with Crippen molar-refractivity contribution in [3.05, 3.63) is 59.2 Å². The molecule has 0 spiro atoms. The molecule has 1 aliphatic heterocycles. The molecule has 0 unspecified atom stereocenters. The third-order valence-electron chi connectivity index (χ3n) is 4.25. The summed E-state index contributed by atoms with van der Waals surface area (Å²) in [7, 11) is 0. The Morgan fingerprint density at radius 2 is 1.71 bits per heavy atom. The van der Waals surface area contributed by atoms with Crippen LogP contribution in [0.15, 0.2) is 47.6 Å². The highest BCUT2D eigenvalue weighted by atomic mass is 16.3. The van der Waals surface area contributed by atoms with Crippen LogP contribution in [0.5, 0.6) is 11.5 Å². The summed E-state index contributed by atoms with van der Waals surface area (Å²) in [6.45, 7) is 6.73. The normalized spacial score (nSPS) is 16.0. The van der Waals surface area contributed by atoms with Crippen LogP contribution < -0.4 is 0 Å². The zero-order valence-electron chi connectivity index (χ0n) is 13.9. The van der Waals surface area contributed by atoms with Crippen LogP contribution in [0.3, 0.4) is 0 Å². The highest BCUT2D eigenvalue weighted by molar-refractivity contribution is 5.83. The summed E-state index contributed by atoms with van der Waals surface area (Å²) in [5.74, 6) is 0.0890. The fraction of sp³-hybridized carbons (Fsp3) is 0.316. The van der Waals surface area contributed by atoms with Gasteiger partial charge in [0.25, 0.3) is 0 Å². The third kappa shape index (κ3) is 4.26. The molecule has 5 nitrogen and oxygen atoms in total. The van der Waals surface area contributed by atoms with Gasteiger partial charge < -0.3 is 10.2 Å². The van der Waals surface area contributed by atoms with E-state index in [1.807, 2.05) is 5.01 Å². The van der Waals surface area contributed by atoms with E-state index in [0.717, 1.165) is 32.7 Å². The predicted molar refractivity (Wildman–Crippen MR) is 95.4 cm³/mol. The van der Waals surface area contributed by atoms with E-state index in [1.54, 1.807) is 18.3 Å². The number of hydrogen-bond acceptors (Lipinski definition) is 5. The molecule has 0 radical (unpaired) electrons. The molecule has 0 aliphatic carbocycles. The number of phenols is 2. The second-order valence-corrected chi connectivity index (χ2v) is 6.20. The smallest absolute Gasteiger partial charge is 0.128 e. The van der Waals surface area contributed by atoms with Crippen molar-refractivity contribution in [2.75, 3.05) is 26.2 Å². The summed E-state index contributed by atoms with van der Waals surface area (Å²) in [4.78, 5) is 2.43. The first-order chi connectivity index (χ1) is 11.6. The minimum atomic E-state index is 0.0387. The van der Waals surface area contributed by atoms with Crippen molar-refractivity contribution >= 4 is 6.21 Å². The first-order valence-electron chi connectivity index (χ1n) is 8.19. The van der Waals surface area contributed by atoms with Crippen LogP contribution in [-0.4, -0.2) is 52.5 Å². The van der Waals surface area contributed by atoms with Gasteiger partial charge in [-0.25, -0.2) is 0 Å². The lowest BCUT2D eigenvalue weighted by Crippen LogP contribution is -2.43. The summed E-state index contributed by atoms with van der Waals surface area (Å²) in [6, 6.07) is 13.2. The van der Waals surface area contributed by atoms with Crippen molar-refractivity contribution in [2.24, 2.45) is 5.10 Å². The molecule has 0 saturated carbocycles. The average molecular weight is 325 g/mol. The van der Waals surface area contributed by atoms with Crippen LogP contribution in [-0.2, 0) is 6.54 Å². The number of piperazine rings is 1. The van der Waals surface area contributed by atoms with E-state index in [2.05, 4.69) is 41.2 Å². The minimum Gasteiger partial charge on any atom is -0.508 e. The van der Waals surface area contributed by atoms with Gasteiger partial charge in [0.1, 0.15) is 11.5 Å². The van der Waals surface area contributed by atoms with Crippen LogP contribution in [0, 0.1) is 6.92 Å². The number of nitrogens with zero attached hydrogens (tertiary/aromatic N) is 3. The number of benzene rings is 2. The zero-order valence-corrected chi connectivity index (χ0v) is 13.9. The third-order valence-corrected chi connectivity index (χ3v) is 4.25. The van der Waals surface area contributed by atoms with Crippen LogP contribution in [0.1, 0.15) is 16.7 Å². The molecule has 24 heavy (non-hydrogen) atoms. The number of rotatable bonds is 4. The van der Waals surface area contributed by atoms with E-state index in [9.17, 15) is 10.2 Å². The lowest BCUT2D eigenvalue weighted by atomic mass is 10.1. The SMILES string of the molecule is Cc1ccc(CN2CCN(N=Cc3ccc(O)cc3O)CC2)cc1. The van der Waals surface area contributed by atoms with Crippen molar-refractivity contribution in [2.45, 2.75) is 13.5 Å². The van der Waals surface area contributed by atoms with Crippen LogP contribution in [0.4, 0.5) is 0 Å². The summed E-state index contributed by atoms with van der Waals surface area (Å²) in [6.07, 6.45) is 1.64. The Hall–Kier alpha value is -2.53. The molecule has 1 heterocycles. The number of aromatic hydroxyl groups is 2. The van der Waals surface area contributed by atoms with E-state index in [1.165, 1.54) is 17.2 Å². The molecular weight excluding hydrogens is 302 g/mol. The maximum atomic E-state index is 9.77. The lowest BCUT2D eigenvalue weighted by molar-refractivity contribution is 0.131. The summed E-state index contributed by atoms with van der Waals surface area (Å²) in [5.41, 5.74) is 3.23. The molecule has 1 fully saturated rings. The molecule has 1 saturated heterocycles. The molecule has 3 rings (SSSR count). The topological polar surface area (TPSA) is 59.3 Å². The van der Waals surface area contributed by atoms with Gasteiger partial charge in [-0.1, -0.05) is 29.8 Å². The molecule has 1 aliphatic rings. The molecular formula is C19H23N3O2. The van der Waals surface area contributed by atoms with Gasteiger partial charge in [-0.05, 0) is 24.6 Å². The van der Waals surface area contributed by atoms with Gasteiger partial charge in [0, 0.05) is 44.4 Å². The number of phenolic OH excluding ortho intramolecular Hbond substituents is 2. The Kier molecular flexibility index (Phi) is 5.01. The molecule has 2 aromatic carbocycles. The molecule has 5 heteroatoms. The van der Waals surface area contributed by atoms with E-state index in [-0.39, 0.29) is 11.5 Å². The highest BCUT2D eigenvalue weighted by Gasteiger charge is 2.15. The maximum absolute atomic E-state index is 9.77. The second-order valence-electron chi connectivity index (χ2n) is 6.20. The highest BCUT2D eigenvalue weighted by Crippen LogP contribution is 2.21. The van der Waals surface area contributed by atoms with Crippen molar-refractivity contribution in [1.29, 1.82) is 0 Å². The number of hydrogen-bond donors (Lipinski definition) is 2. The molecule has 0 bridgehead atoms. The molecule has 0 atom stereocenters. The number of aryl methyl sites for hydroxylation is 1. The molecule has 0 amide bonds. The van der Waals surface area contributed by atoms with Crippen molar-refractivity contribution in [3.63, 3.8) is 0 Å². The van der Waals surface area contributed by atoms with Gasteiger partial charge in [-0.2, -0.15) is 5.10 Å². The Morgan fingerprint density at radius 1 is 1.00 bits per heavy atom. The van der Waals surface area contributed by atoms with Crippen molar-refractivity contribution < 1.29 is 10.2 Å². The standard InChI is InChI=1S/C19H23N3O2/c1-15-2-4-16(5-3-15)14-21-8-10-22(11-9-21)20-13-17-6-7-18(23)12-19(17)24/h2-7,12-13,23-24H,8-11,14H2,1H3. The first kappa shape index (κ1) is 16.3. The fourth-order valence-electron chi connectivity index (χ4n) is 2.75. The van der Waals surface area contributed by atoms with Crippen molar-refractivity contribution in [1.82, 2.24) is 9.91 Å². The van der Waals surface area contributed by atoms with Gasteiger partial charge in [0.15, 0.2) is 0 Å². The van der Waals surface area contributed by atoms with Gasteiger partial charge in [-0.15, -0.1) is 0 Å². The van der Waals surface area contributed by atoms with Crippen LogP contribution in [0.2, 0.25) is 0 Å². The van der Waals surface area contributed by atoms with Gasteiger partial charge in [0.05, 0.1) is 6.21 Å². The van der Waals surface area contributed by atoms with Crippen molar-refractivity contribution in [3.8, 4) is 11.5 Å². The summed E-state index contributed by atoms with van der Waals surface area (Å²) < 4.78 is 0. The fourth-order valence-corrected chi connectivity index (χ4v) is 2.75. The average Bonchev–Trinajstić information content (AvgIpc) is 2.57. The lowest BCUT2D eigenvalue weighted by Gasteiger charge is -2.33. The predicted octanol–water partition coefficient (Wildman–Crippen LogP) is 2.56. The molecule has 0 aromatic heterocycles. The van der Waals surface area contributed by atoms with E-state index in [0.29, 0.717) is 5.56 Å². The molecule has 126 valence electrons. The molecule has 2 aromatic rings. The summed E-state index contributed by atoms with van der Waals surface area (Å²) in [5, 5.41) is 25.5. The Labute approximate surface area is 142 Å². The zero-order chi connectivity index (χ0) is 16.9. The monoisotopic (exact) mass is 325 g/mol. The second kappa shape index (κ2) is 7.36. The quantitative estimate of drug-likeness (QED) is 0.848. The van der Waals surface area contributed by atoms with Crippen LogP contribution in [0.25, 0.3) is 0 Å². The first-order valence-corrected chi connectivity index (χ1v) is 8.19. The largest absolute Gasteiger partial charge is 0.508 e.